The van der Waals surface area contributed by atoms with E-state index in [4.69, 9.17) is 4.74 Å². The van der Waals surface area contributed by atoms with E-state index in [0.717, 1.165) is 6.42 Å². The van der Waals surface area contributed by atoms with Crippen molar-refractivity contribution in [1.82, 2.24) is 5.32 Å². The van der Waals surface area contributed by atoms with Crippen LogP contribution in [0.1, 0.15) is 46.5 Å². The fourth-order valence-corrected chi connectivity index (χ4v) is 1.40. The number of carbonyl (C=O) groups is 3. The Morgan fingerprint density at radius 1 is 1.17 bits per heavy atom. The molecular formula is C13H23NO4. The highest BCUT2D eigenvalue weighted by Crippen LogP contribution is 2.06. The second-order valence-electron chi connectivity index (χ2n) is 4.14. The van der Waals surface area contributed by atoms with Gasteiger partial charge >= 0.3 is 5.97 Å². The molecule has 0 aromatic heterocycles. The van der Waals surface area contributed by atoms with Crippen molar-refractivity contribution in [3.8, 4) is 0 Å². The number of rotatable bonds is 9. The van der Waals surface area contributed by atoms with Crippen molar-refractivity contribution in [2.75, 3.05) is 13.2 Å². The van der Waals surface area contributed by atoms with Crippen molar-refractivity contribution in [3.05, 3.63) is 0 Å². The number of carbonyl (C=O) groups excluding carboxylic acids is 3. The van der Waals surface area contributed by atoms with Crippen molar-refractivity contribution >= 4 is 17.7 Å². The van der Waals surface area contributed by atoms with Crippen molar-refractivity contribution in [1.29, 1.82) is 0 Å². The zero-order valence-electron chi connectivity index (χ0n) is 11.5. The molecule has 0 aliphatic rings. The molecule has 5 heteroatoms. The quantitative estimate of drug-likeness (QED) is 0.501. The van der Waals surface area contributed by atoms with Gasteiger partial charge in [0.25, 0.3) is 0 Å². The maximum Gasteiger partial charge on any atom is 0.305 e. The van der Waals surface area contributed by atoms with Gasteiger partial charge in [0.05, 0.1) is 12.5 Å². The van der Waals surface area contributed by atoms with Gasteiger partial charge in [-0.15, -0.1) is 0 Å². The van der Waals surface area contributed by atoms with Crippen LogP contribution in [0.15, 0.2) is 0 Å². The molecule has 0 aliphatic heterocycles. The summed E-state index contributed by atoms with van der Waals surface area (Å²) in [5, 5.41) is 2.68. The third-order valence-corrected chi connectivity index (χ3v) is 2.53. The number of nitrogens with one attached hydrogen (secondary N) is 1. The third kappa shape index (κ3) is 7.04. The number of Topliss-reactive ketones (excluding diaryl/α,β-unsaturated/α-hetero) is 1. The lowest BCUT2D eigenvalue weighted by Crippen LogP contribution is -2.34. The molecule has 0 saturated heterocycles. The highest BCUT2D eigenvalue weighted by Gasteiger charge is 2.20. The van der Waals surface area contributed by atoms with Gasteiger partial charge in [0.2, 0.25) is 5.91 Å². The molecule has 0 spiro atoms. The molecule has 1 atom stereocenters. The Morgan fingerprint density at radius 3 is 2.39 bits per heavy atom. The summed E-state index contributed by atoms with van der Waals surface area (Å²) in [6.07, 6.45) is 1.74. The number of ether oxygens (including phenoxy) is 1. The molecule has 104 valence electrons. The van der Waals surface area contributed by atoms with Gasteiger partial charge in [-0.2, -0.15) is 0 Å². The van der Waals surface area contributed by atoms with E-state index in [2.05, 4.69) is 5.32 Å². The molecule has 1 N–H and O–H groups in total. The monoisotopic (exact) mass is 257 g/mol. The minimum Gasteiger partial charge on any atom is -0.466 e. The molecule has 0 radical (unpaired) electrons. The van der Waals surface area contributed by atoms with E-state index in [9.17, 15) is 14.4 Å². The van der Waals surface area contributed by atoms with Crippen LogP contribution in [-0.2, 0) is 19.1 Å². The molecule has 0 rings (SSSR count). The highest BCUT2D eigenvalue weighted by atomic mass is 16.5. The Bertz CT molecular complexity index is 289. The van der Waals surface area contributed by atoms with Gasteiger partial charge < -0.3 is 10.1 Å². The van der Waals surface area contributed by atoms with Crippen LogP contribution in [0.5, 0.6) is 0 Å². The number of hydrogen-bond donors (Lipinski definition) is 1. The summed E-state index contributed by atoms with van der Waals surface area (Å²) in [5.41, 5.74) is 0. The highest BCUT2D eigenvalue weighted by molar-refractivity contribution is 6.00. The second kappa shape index (κ2) is 9.62. The smallest absolute Gasteiger partial charge is 0.305 e. The lowest BCUT2D eigenvalue weighted by molar-refractivity contribution is -0.143. The van der Waals surface area contributed by atoms with Gasteiger partial charge in [-0.1, -0.05) is 6.92 Å². The van der Waals surface area contributed by atoms with Gasteiger partial charge in [-0.3, -0.25) is 14.4 Å². The SMILES string of the molecule is CCCNC(=O)C(C)C(=O)CCCC(=O)OCC. The van der Waals surface area contributed by atoms with Crippen LogP contribution < -0.4 is 5.32 Å². The van der Waals surface area contributed by atoms with Gasteiger partial charge in [0, 0.05) is 19.4 Å². The minimum atomic E-state index is -0.640. The molecule has 18 heavy (non-hydrogen) atoms. The lowest BCUT2D eigenvalue weighted by Gasteiger charge is -2.10. The normalized spacial score (nSPS) is 11.7. The van der Waals surface area contributed by atoms with Gasteiger partial charge in [-0.25, -0.2) is 0 Å². The first-order valence-electron chi connectivity index (χ1n) is 6.48. The first-order valence-corrected chi connectivity index (χ1v) is 6.48. The van der Waals surface area contributed by atoms with E-state index in [0.29, 0.717) is 19.6 Å². The van der Waals surface area contributed by atoms with E-state index >= 15 is 0 Å². The summed E-state index contributed by atoms with van der Waals surface area (Å²) < 4.78 is 4.76. The largest absolute Gasteiger partial charge is 0.466 e. The molecule has 0 fully saturated rings. The van der Waals surface area contributed by atoms with Gasteiger partial charge in [0.1, 0.15) is 5.78 Å². The van der Waals surface area contributed by atoms with Crippen LogP contribution in [0.25, 0.3) is 0 Å². The standard InChI is InChI=1S/C13H23NO4/c1-4-9-14-13(17)10(3)11(15)7-6-8-12(16)18-5-2/h10H,4-9H2,1-3H3,(H,14,17). The Kier molecular flexibility index (Phi) is 8.88. The molecule has 0 aromatic carbocycles. The third-order valence-electron chi connectivity index (χ3n) is 2.53. The number of amides is 1. The Balaban J connectivity index is 3.87. The van der Waals surface area contributed by atoms with Crippen LogP contribution in [0, 0.1) is 5.92 Å². The first-order chi connectivity index (χ1) is 8.52. The van der Waals surface area contributed by atoms with Gasteiger partial charge in [-0.05, 0) is 26.7 Å². The van der Waals surface area contributed by atoms with Crippen LogP contribution in [0.2, 0.25) is 0 Å². The molecule has 0 saturated carbocycles. The first kappa shape index (κ1) is 16.6. The number of hydrogen-bond acceptors (Lipinski definition) is 4. The zero-order valence-corrected chi connectivity index (χ0v) is 11.5. The predicted molar refractivity (Wildman–Crippen MR) is 68.0 cm³/mol. The Labute approximate surface area is 108 Å². The molecule has 5 nitrogen and oxygen atoms in total. The summed E-state index contributed by atoms with van der Waals surface area (Å²) in [4.78, 5) is 34.3. The van der Waals surface area contributed by atoms with Crippen molar-refractivity contribution in [3.63, 3.8) is 0 Å². The molecule has 1 amide bonds. The fraction of sp³-hybridized carbons (Fsp3) is 0.769. The van der Waals surface area contributed by atoms with Crippen molar-refractivity contribution < 1.29 is 19.1 Å². The average molecular weight is 257 g/mol. The molecule has 0 aromatic rings. The summed E-state index contributed by atoms with van der Waals surface area (Å²) in [5.74, 6) is -1.31. The minimum absolute atomic E-state index is 0.132. The van der Waals surface area contributed by atoms with E-state index in [1.165, 1.54) is 0 Å². The average Bonchev–Trinajstić information content (AvgIpc) is 2.35. The lowest BCUT2D eigenvalue weighted by atomic mass is 10.0. The van der Waals surface area contributed by atoms with E-state index < -0.39 is 5.92 Å². The second-order valence-corrected chi connectivity index (χ2v) is 4.14. The number of ketones is 1. The molecule has 1 unspecified atom stereocenters. The maximum atomic E-state index is 11.7. The topological polar surface area (TPSA) is 72.5 Å². The summed E-state index contributed by atoms with van der Waals surface area (Å²) in [6.45, 7) is 6.22. The molecule has 0 bridgehead atoms. The molecule has 0 heterocycles. The van der Waals surface area contributed by atoms with Crippen molar-refractivity contribution in [2.45, 2.75) is 46.5 Å². The van der Waals surface area contributed by atoms with E-state index in [-0.39, 0.29) is 30.5 Å². The van der Waals surface area contributed by atoms with Crippen LogP contribution in [-0.4, -0.2) is 30.8 Å². The Morgan fingerprint density at radius 2 is 1.83 bits per heavy atom. The van der Waals surface area contributed by atoms with Crippen LogP contribution >= 0.6 is 0 Å². The predicted octanol–water partition coefficient (Wildman–Crippen LogP) is 1.45. The van der Waals surface area contributed by atoms with Crippen LogP contribution in [0.3, 0.4) is 0 Å². The maximum absolute atomic E-state index is 11.7. The summed E-state index contributed by atoms with van der Waals surface area (Å²) in [6, 6.07) is 0. The number of esters is 1. The van der Waals surface area contributed by atoms with Crippen LogP contribution in [0.4, 0.5) is 0 Å². The van der Waals surface area contributed by atoms with Crippen molar-refractivity contribution in [2.24, 2.45) is 5.92 Å². The van der Waals surface area contributed by atoms with E-state index in [1.54, 1.807) is 13.8 Å². The zero-order chi connectivity index (χ0) is 14.0. The summed E-state index contributed by atoms with van der Waals surface area (Å²) >= 11 is 0. The molecular weight excluding hydrogens is 234 g/mol. The van der Waals surface area contributed by atoms with E-state index in [1.807, 2.05) is 6.92 Å². The fourth-order valence-electron chi connectivity index (χ4n) is 1.40. The Hall–Kier alpha value is -1.39. The summed E-state index contributed by atoms with van der Waals surface area (Å²) in [7, 11) is 0. The molecule has 0 aliphatic carbocycles. The van der Waals surface area contributed by atoms with Gasteiger partial charge in [0.15, 0.2) is 0 Å².